The van der Waals surface area contributed by atoms with Crippen molar-refractivity contribution in [2.24, 2.45) is 0 Å². The van der Waals surface area contributed by atoms with E-state index in [9.17, 15) is 9.90 Å². The average molecular weight is 395 g/mol. The molecule has 0 aliphatic carbocycles. The first-order valence-corrected chi connectivity index (χ1v) is 10.3. The van der Waals surface area contributed by atoms with E-state index < -0.39 is 6.10 Å². The van der Waals surface area contributed by atoms with Crippen molar-refractivity contribution in [2.75, 3.05) is 19.7 Å². The first kappa shape index (κ1) is 18.3. The summed E-state index contributed by atoms with van der Waals surface area (Å²) in [5, 5.41) is 9.95. The molecule has 3 aromatic rings. The average Bonchev–Trinajstić information content (AvgIpc) is 3.47. The van der Waals surface area contributed by atoms with Crippen LogP contribution in [-0.4, -0.2) is 66.8 Å². The Morgan fingerprint density at radius 3 is 3.03 bits per heavy atom. The monoisotopic (exact) mass is 395 g/mol. The first-order valence-electron chi connectivity index (χ1n) is 10.3. The van der Waals surface area contributed by atoms with Crippen molar-refractivity contribution in [3.8, 4) is 11.5 Å². The van der Waals surface area contributed by atoms with Crippen LogP contribution in [0.3, 0.4) is 0 Å². The van der Waals surface area contributed by atoms with Crippen LogP contribution in [0.25, 0.3) is 17.0 Å². The summed E-state index contributed by atoms with van der Waals surface area (Å²) >= 11 is 0. The van der Waals surface area contributed by atoms with Gasteiger partial charge in [-0.1, -0.05) is 6.07 Å². The molecule has 8 nitrogen and oxygen atoms in total. The van der Waals surface area contributed by atoms with Gasteiger partial charge in [0.1, 0.15) is 5.69 Å². The van der Waals surface area contributed by atoms with E-state index in [0.29, 0.717) is 24.6 Å². The highest BCUT2D eigenvalue weighted by atomic mass is 16.5. The van der Waals surface area contributed by atoms with E-state index in [1.165, 1.54) is 0 Å². The van der Waals surface area contributed by atoms with Crippen LogP contribution in [0.2, 0.25) is 0 Å². The largest absolute Gasteiger partial charge is 0.391 e. The third-order valence-electron chi connectivity index (χ3n) is 5.74. The zero-order valence-electron chi connectivity index (χ0n) is 16.3. The third-order valence-corrected chi connectivity index (χ3v) is 5.74. The van der Waals surface area contributed by atoms with Crippen molar-refractivity contribution < 1.29 is 14.6 Å². The number of carbonyl (C=O) groups excluding carboxylic acids is 1. The molecule has 0 aromatic carbocycles. The van der Waals surface area contributed by atoms with Gasteiger partial charge in [-0.15, -0.1) is 0 Å². The molecule has 0 unspecified atom stereocenters. The summed E-state index contributed by atoms with van der Waals surface area (Å²) in [6.45, 7) is 2.60. The van der Waals surface area contributed by atoms with Gasteiger partial charge in [0, 0.05) is 38.6 Å². The Hall–Kier alpha value is -2.71. The lowest BCUT2D eigenvalue weighted by Crippen LogP contribution is -2.42. The van der Waals surface area contributed by atoms with Crippen LogP contribution in [0.1, 0.15) is 36.2 Å². The number of aliphatic hydroxyl groups excluding tert-OH is 1. The van der Waals surface area contributed by atoms with Gasteiger partial charge in [0.05, 0.1) is 24.1 Å². The van der Waals surface area contributed by atoms with E-state index in [0.717, 1.165) is 50.0 Å². The maximum Gasteiger partial charge on any atom is 0.274 e. The highest BCUT2D eigenvalue weighted by molar-refractivity contribution is 6.00. The number of hydrogen-bond donors (Lipinski definition) is 1. The van der Waals surface area contributed by atoms with E-state index in [2.05, 4.69) is 9.97 Å². The number of aromatic nitrogens is 4. The molecule has 2 aliphatic heterocycles. The van der Waals surface area contributed by atoms with Gasteiger partial charge in [-0.2, -0.15) is 0 Å². The molecule has 0 bridgehead atoms. The molecule has 5 heterocycles. The highest BCUT2D eigenvalue weighted by Crippen LogP contribution is 2.24. The van der Waals surface area contributed by atoms with Crippen molar-refractivity contribution in [3.63, 3.8) is 0 Å². The molecule has 0 spiro atoms. The number of hydrogen-bond acceptors (Lipinski definition) is 5. The lowest BCUT2D eigenvalue weighted by Gasteiger charge is -2.29. The molecule has 2 saturated heterocycles. The zero-order valence-corrected chi connectivity index (χ0v) is 16.3. The van der Waals surface area contributed by atoms with Gasteiger partial charge >= 0.3 is 0 Å². The first-order chi connectivity index (χ1) is 14.2. The number of fused-ring (bicyclic) bond motifs is 1. The number of likely N-dealkylation sites (tertiary alicyclic amines) is 1. The van der Waals surface area contributed by atoms with E-state index in [-0.39, 0.29) is 12.0 Å². The number of rotatable bonds is 4. The van der Waals surface area contributed by atoms with Gasteiger partial charge in [0.15, 0.2) is 11.5 Å². The van der Waals surface area contributed by atoms with Crippen molar-refractivity contribution in [3.05, 3.63) is 42.6 Å². The standard InChI is InChI=1S/C21H25N5O3/c27-15-5-3-8-25(11-15)21(28)19-18-7-1-2-9-26(18)20(23-19)17-13-24(14-22-17)12-16-6-4-10-29-16/h1-2,7,9,13-16,27H,3-6,8,10-12H2/t15-,16+/m0/s1. The number of carbonyl (C=O) groups is 1. The molecule has 8 heteroatoms. The van der Waals surface area contributed by atoms with Crippen LogP contribution in [0.5, 0.6) is 0 Å². The molecule has 1 N–H and O–H groups in total. The Kier molecular flexibility index (Phi) is 4.81. The number of nitrogens with zero attached hydrogens (tertiary/aromatic N) is 5. The molecule has 5 rings (SSSR count). The molecular formula is C21H25N5O3. The summed E-state index contributed by atoms with van der Waals surface area (Å²) in [5.74, 6) is 0.505. The van der Waals surface area contributed by atoms with Crippen molar-refractivity contribution in [2.45, 2.75) is 44.4 Å². The molecule has 0 radical (unpaired) electrons. The molecular weight excluding hydrogens is 370 g/mol. The summed E-state index contributed by atoms with van der Waals surface area (Å²) in [4.78, 5) is 24.1. The summed E-state index contributed by atoms with van der Waals surface area (Å²) in [6, 6.07) is 5.71. The van der Waals surface area contributed by atoms with Gasteiger partial charge in [0.2, 0.25) is 0 Å². The number of aliphatic hydroxyl groups is 1. The second kappa shape index (κ2) is 7.61. The maximum atomic E-state index is 13.1. The summed E-state index contributed by atoms with van der Waals surface area (Å²) < 4.78 is 9.65. The van der Waals surface area contributed by atoms with E-state index in [1.54, 1.807) is 11.2 Å². The maximum absolute atomic E-state index is 13.1. The number of piperidine rings is 1. The quantitative estimate of drug-likeness (QED) is 0.730. The van der Waals surface area contributed by atoms with Crippen LogP contribution >= 0.6 is 0 Å². The minimum atomic E-state index is -0.463. The fourth-order valence-corrected chi connectivity index (χ4v) is 4.26. The molecule has 2 atom stereocenters. The number of ether oxygens (including phenoxy) is 1. The Morgan fingerprint density at radius 2 is 2.21 bits per heavy atom. The van der Waals surface area contributed by atoms with E-state index in [4.69, 9.17) is 4.74 Å². The Bertz CT molecular complexity index is 1020. The zero-order chi connectivity index (χ0) is 19.8. The van der Waals surface area contributed by atoms with Gasteiger partial charge in [-0.05, 0) is 37.8 Å². The van der Waals surface area contributed by atoms with Crippen LogP contribution in [0, 0.1) is 0 Å². The number of imidazole rings is 2. The number of amides is 1. The minimum absolute atomic E-state index is 0.141. The second-order valence-corrected chi connectivity index (χ2v) is 7.88. The molecule has 2 fully saturated rings. The van der Waals surface area contributed by atoms with Crippen LogP contribution < -0.4 is 0 Å². The van der Waals surface area contributed by atoms with E-state index >= 15 is 0 Å². The highest BCUT2D eigenvalue weighted by Gasteiger charge is 2.27. The van der Waals surface area contributed by atoms with Crippen molar-refractivity contribution in [1.29, 1.82) is 0 Å². The lowest BCUT2D eigenvalue weighted by molar-refractivity contribution is 0.0471. The van der Waals surface area contributed by atoms with Gasteiger partial charge in [-0.3, -0.25) is 9.20 Å². The van der Waals surface area contributed by atoms with Crippen molar-refractivity contribution >= 4 is 11.4 Å². The summed E-state index contributed by atoms with van der Waals surface area (Å²) in [7, 11) is 0. The number of β-amino-alcohol motifs (C(OH)–C–C–N with tert-alkyl or cyclic N) is 1. The van der Waals surface area contributed by atoms with Crippen molar-refractivity contribution in [1.82, 2.24) is 23.8 Å². The minimum Gasteiger partial charge on any atom is -0.391 e. The molecule has 2 aliphatic rings. The molecule has 1 amide bonds. The van der Waals surface area contributed by atoms with E-state index in [1.807, 2.05) is 39.6 Å². The normalized spacial score (nSPS) is 22.4. The predicted molar refractivity (Wildman–Crippen MR) is 107 cm³/mol. The Labute approximate surface area is 168 Å². The van der Waals surface area contributed by atoms with Gasteiger partial charge in [-0.25, -0.2) is 9.97 Å². The van der Waals surface area contributed by atoms with Crippen LogP contribution in [-0.2, 0) is 11.3 Å². The van der Waals surface area contributed by atoms with Gasteiger partial charge in [0.25, 0.3) is 5.91 Å². The second-order valence-electron chi connectivity index (χ2n) is 7.88. The van der Waals surface area contributed by atoms with Crippen LogP contribution in [0.4, 0.5) is 0 Å². The lowest BCUT2D eigenvalue weighted by atomic mass is 10.1. The van der Waals surface area contributed by atoms with Crippen LogP contribution in [0.15, 0.2) is 36.9 Å². The molecule has 0 saturated carbocycles. The summed E-state index contributed by atoms with van der Waals surface area (Å²) in [6.07, 6.45) is 9.14. The van der Waals surface area contributed by atoms with Gasteiger partial charge < -0.3 is 19.3 Å². The smallest absolute Gasteiger partial charge is 0.274 e. The SMILES string of the molecule is O=C(c1nc(-c2cn(C[C@H]3CCCO3)cn2)n2ccccc12)N1CCC[C@H](O)C1. The predicted octanol–water partition coefficient (Wildman–Crippen LogP) is 1.97. The number of pyridine rings is 1. The third kappa shape index (κ3) is 3.54. The molecule has 3 aromatic heterocycles. The Morgan fingerprint density at radius 1 is 1.28 bits per heavy atom. The Balaban J connectivity index is 1.47. The summed E-state index contributed by atoms with van der Waals surface area (Å²) in [5.41, 5.74) is 1.88. The molecule has 152 valence electrons. The fourth-order valence-electron chi connectivity index (χ4n) is 4.26. The molecule has 29 heavy (non-hydrogen) atoms. The topological polar surface area (TPSA) is 84.9 Å². The fraction of sp³-hybridized carbons (Fsp3) is 0.476.